The van der Waals surface area contributed by atoms with Gasteiger partial charge >= 0.3 is 0 Å². The molecule has 0 bridgehead atoms. The molecule has 1 aromatic heterocycles. The second-order valence-corrected chi connectivity index (χ2v) is 10.9. The number of carbonyl (C=O) groups excluding carboxylic acids is 2. The largest absolute Gasteiger partial charge is 0.497 e. The van der Waals surface area contributed by atoms with Gasteiger partial charge in [0, 0.05) is 28.3 Å². The van der Waals surface area contributed by atoms with Crippen molar-refractivity contribution >= 4 is 40.9 Å². The number of ketones is 2. The van der Waals surface area contributed by atoms with E-state index in [1.54, 1.807) is 36.1 Å². The van der Waals surface area contributed by atoms with Crippen LogP contribution in [0.15, 0.2) is 65.0 Å². The number of halogens is 1. The van der Waals surface area contributed by atoms with Crippen LogP contribution in [0, 0.1) is 5.41 Å². The summed E-state index contributed by atoms with van der Waals surface area (Å²) in [6.07, 6.45) is 1.20. The van der Waals surface area contributed by atoms with Gasteiger partial charge < -0.3 is 10.1 Å². The van der Waals surface area contributed by atoms with Gasteiger partial charge in [0.1, 0.15) is 11.8 Å². The van der Waals surface area contributed by atoms with Gasteiger partial charge in [-0.25, -0.2) is 4.68 Å². The molecule has 1 aliphatic heterocycles. The van der Waals surface area contributed by atoms with Crippen molar-refractivity contribution in [3.05, 3.63) is 76.0 Å². The lowest BCUT2D eigenvalue weighted by molar-refractivity contribution is -0.118. The zero-order valence-corrected chi connectivity index (χ0v) is 21.2. The summed E-state index contributed by atoms with van der Waals surface area (Å²) in [6.45, 7) is 4.19. The summed E-state index contributed by atoms with van der Waals surface area (Å²) < 4.78 is 6.89. The minimum atomic E-state index is -0.428. The van der Waals surface area contributed by atoms with Gasteiger partial charge in [-0.1, -0.05) is 49.3 Å². The molecule has 3 aromatic rings. The maximum atomic E-state index is 13.3. The van der Waals surface area contributed by atoms with Crippen molar-refractivity contribution in [3.8, 4) is 5.75 Å². The predicted molar refractivity (Wildman–Crippen MR) is 136 cm³/mol. The molecule has 9 heteroatoms. The highest BCUT2D eigenvalue weighted by Gasteiger charge is 2.42. The molecule has 35 heavy (non-hydrogen) atoms. The van der Waals surface area contributed by atoms with E-state index in [1.165, 1.54) is 11.8 Å². The number of aromatic nitrogens is 3. The number of hydrogen-bond acceptors (Lipinski definition) is 7. The van der Waals surface area contributed by atoms with Crippen LogP contribution in [-0.4, -0.2) is 39.2 Å². The molecule has 0 saturated heterocycles. The Kier molecular flexibility index (Phi) is 6.19. The number of nitrogens with one attached hydrogen (secondary N) is 1. The first-order valence-corrected chi connectivity index (χ1v) is 12.7. The van der Waals surface area contributed by atoms with Crippen LogP contribution in [0.5, 0.6) is 5.75 Å². The van der Waals surface area contributed by atoms with Gasteiger partial charge in [-0.3, -0.25) is 9.59 Å². The van der Waals surface area contributed by atoms with Crippen LogP contribution in [0.2, 0.25) is 5.02 Å². The van der Waals surface area contributed by atoms with E-state index in [1.807, 2.05) is 24.3 Å². The second-order valence-electron chi connectivity index (χ2n) is 9.52. The average molecular weight is 509 g/mol. The smallest absolute Gasteiger partial charge is 0.227 e. The lowest BCUT2D eigenvalue weighted by Crippen LogP contribution is -2.36. The summed E-state index contributed by atoms with van der Waals surface area (Å²) in [7, 11) is 1.59. The zero-order chi connectivity index (χ0) is 24.7. The highest BCUT2D eigenvalue weighted by molar-refractivity contribution is 7.99. The van der Waals surface area contributed by atoms with E-state index in [0.29, 0.717) is 39.4 Å². The fourth-order valence-corrected chi connectivity index (χ4v) is 5.55. The minimum absolute atomic E-state index is 0.0286. The third kappa shape index (κ3) is 4.73. The first-order valence-electron chi connectivity index (χ1n) is 11.3. The average Bonchev–Trinajstić information content (AvgIpc) is 3.23. The highest BCUT2D eigenvalue weighted by atomic mass is 35.5. The van der Waals surface area contributed by atoms with Gasteiger partial charge in [-0.2, -0.15) is 4.98 Å². The third-order valence-corrected chi connectivity index (χ3v) is 7.29. The van der Waals surface area contributed by atoms with Crippen molar-refractivity contribution in [2.24, 2.45) is 5.41 Å². The number of ether oxygens (including phenoxy) is 1. The monoisotopic (exact) mass is 508 g/mol. The molecule has 180 valence electrons. The highest BCUT2D eigenvalue weighted by Crippen LogP contribution is 2.45. The lowest BCUT2D eigenvalue weighted by atomic mass is 9.73. The van der Waals surface area contributed by atoms with Crippen LogP contribution in [0.4, 0.5) is 5.95 Å². The molecule has 0 spiro atoms. The molecule has 2 aromatic carbocycles. The second kappa shape index (κ2) is 9.17. The van der Waals surface area contributed by atoms with Crippen molar-refractivity contribution < 1.29 is 14.3 Å². The van der Waals surface area contributed by atoms with Crippen molar-refractivity contribution in [1.82, 2.24) is 14.8 Å². The quantitative estimate of drug-likeness (QED) is 0.344. The molecule has 1 N–H and O–H groups in total. The van der Waals surface area contributed by atoms with Crippen LogP contribution in [-0.2, 0) is 4.79 Å². The normalized spacial score (nSPS) is 18.5. The fraction of sp³-hybridized carbons (Fsp3) is 0.308. The molecule has 0 saturated carbocycles. The van der Waals surface area contributed by atoms with E-state index < -0.39 is 6.04 Å². The summed E-state index contributed by atoms with van der Waals surface area (Å²) in [5.74, 6) is 1.51. The number of benzene rings is 2. The Labute approximate surface area is 212 Å². The van der Waals surface area contributed by atoms with Crippen LogP contribution < -0.4 is 10.1 Å². The summed E-state index contributed by atoms with van der Waals surface area (Å²) >= 11 is 7.57. The fourth-order valence-electron chi connectivity index (χ4n) is 4.63. The number of methoxy groups -OCH3 is 1. The number of fused-ring (bicyclic) bond motifs is 1. The molecule has 2 heterocycles. The maximum absolute atomic E-state index is 13.3. The van der Waals surface area contributed by atoms with Gasteiger partial charge in [0.15, 0.2) is 11.6 Å². The molecular formula is C26H25ClN4O3S. The number of allylic oxidation sites excluding steroid dienone is 2. The number of rotatable bonds is 6. The van der Waals surface area contributed by atoms with Gasteiger partial charge in [-0.15, -0.1) is 5.10 Å². The molecule has 1 atom stereocenters. The summed E-state index contributed by atoms with van der Waals surface area (Å²) in [6, 6.07) is 14.1. The van der Waals surface area contributed by atoms with Crippen molar-refractivity contribution in [2.75, 3.05) is 18.2 Å². The number of carbonyl (C=O) groups is 2. The molecule has 5 rings (SSSR count). The van der Waals surface area contributed by atoms with Gasteiger partial charge in [0.25, 0.3) is 0 Å². The number of nitrogens with zero attached hydrogens (tertiary/aromatic N) is 3. The van der Waals surface area contributed by atoms with E-state index in [-0.39, 0.29) is 22.7 Å². The van der Waals surface area contributed by atoms with Crippen molar-refractivity contribution in [1.29, 1.82) is 0 Å². The number of hydrogen-bond donors (Lipinski definition) is 1. The Hall–Kier alpha value is -3.10. The summed E-state index contributed by atoms with van der Waals surface area (Å²) in [5.41, 5.74) is 2.90. The predicted octanol–water partition coefficient (Wildman–Crippen LogP) is 5.57. The third-order valence-electron chi connectivity index (χ3n) is 6.22. The Morgan fingerprint density at radius 3 is 2.71 bits per heavy atom. The van der Waals surface area contributed by atoms with Crippen molar-refractivity contribution in [2.45, 2.75) is 37.9 Å². The Balaban J connectivity index is 1.45. The van der Waals surface area contributed by atoms with E-state index >= 15 is 0 Å². The summed E-state index contributed by atoms with van der Waals surface area (Å²) in [4.78, 5) is 30.7. The van der Waals surface area contributed by atoms with E-state index in [9.17, 15) is 9.59 Å². The van der Waals surface area contributed by atoms with Gasteiger partial charge in [0.2, 0.25) is 11.1 Å². The van der Waals surface area contributed by atoms with Crippen LogP contribution in [0.1, 0.15) is 48.7 Å². The molecular weight excluding hydrogens is 484 g/mol. The number of thioether (sulfide) groups is 1. The standard InChI is InChI=1S/C26H25ClN4O3S/c1-26(2)12-19-22(20(32)13-26)23(16-5-4-6-17(27)11-16)31-24(28-19)29-25(30-31)35-14-21(33)15-7-9-18(34-3)10-8-15/h4-11,23H,12-14H2,1-3H3,(H,28,29,30). The topological polar surface area (TPSA) is 86.1 Å². The minimum Gasteiger partial charge on any atom is -0.497 e. The van der Waals surface area contributed by atoms with Crippen LogP contribution in [0.25, 0.3) is 0 Å². The molecule has 1 unspecified atom stereocenters. The molecule has 1 aliphatic carbocycles. The zero-order valence-electron chi connectivity index (χ0n) is 19.7. The first-order chi connectivity index (χ1) is 16.7. The number of Topliss-reactive ketones (excluding diaryl/α,β-unsaturated/α-hetero) is 2. The molecule has 2 aliphatic rings. The molecule has 0 fully saturated rings. The van der Waals surface area contributed by atoms with E-state index in [0.717, 1.165) is 17.7 Å². The molecule has 7 nitrogen and oxygen atoms in total. The lowest BCUT2D eigenvalue weighted by Gasteiger charge is -2.38. The van der Waals surface area contributed by atoms with Crippen molar-refractivity contribution in [3.63, 3.8) is 0 Å². The van der Waals surface area contributed by atoms with Crippen LogP contribution >= 0.6 is 23.4 Å². The first kappa shape index (κ1) is 23.6. The Morgan fingerprint density at radius 2 is 2.00 bits per heavy atom. The summed E-state index contributed by atoms with van der Waals surface area (Å²) in [5, 5.41) is 9.11. The maximum Gasteiger partial charge on any atom is 0.227 e. The number of anilines is 1. The van der Waals surface area contributed by atoms with Crippen LogP contribution in [0.3, 0.4) is 0 Å². The molecule has 0 radical (unpaired) electrons. The Bertz CT molecular complexity index is 1350. The SMILES string of the molecule is COc1ccc(C(=O)CSc2nc3n(n2)C(c2cccc(Cl)c2)C2=C(CC(C)(C)CC2=O)N3)cc1. The molecule has 0 amide bonds. The van der Waals surface area contributed by atoms with Gasteiger partial charge in [-0.05, 0) is 53.8 Å². The Morgan fingerprint density at radius 1 is 1.23 bits per heavy atom. The van der Waals surface area contributed by atoms with Gasteiger partial charge in [0.05, 0.1) is 12.9 Å². The van der Waals surface area contributed by atoms with E-state index in [2.05, 4.69) is 24.1 Å². The van der Waals surface area contributed by atoms with E-state index in [4.69, 9.17) is 21.4 Å².